The first-order valence-corrected chi connectivity index (χ1v) is 11.2. The number of rotatable bonds is 10. The van der Waals surface area contributed by atoms with E-state index in [1.54, 1.807) is 42.5 Å². The Balaban J connectivity index is 1.60. The molecule has 0 spiro atoms. The molecule has 2 aromatic carbocycles. The number of carbonyl (C=O) groups is 2. The fourth-order valence-electron chi connectivity index (χ4n) is 2.82. The Morgan fingerprint density at radius 3 is 2.62 bits per heavy atom. The Labute approximate surface area is 195 Å². The Kier molecular flexibility index (Phi) is 8.08. The molecule has 1 N–H and O–H groups in total. The van der Waals surface area contributed by atoms with E-state index < -0.39 is 0 Å². The van der Waals surface area contributed by atoms with E-state index in [4.69, 9.17) is 16.3 Å². The molecular formula is C23H23ClN4O3S. The second kappa shape index (κ2) is 11.0. The van der Waals surface area contributed by atoms with Gasteiger partial charge in [-0.15, -0.1) is 16.8 Å². The van der Waals surface area contributed by atoms with E-state index in [0.717, 1.165) is 5.56 Å². The highest BCUT2D eigenvalue weighted by molar-refractivity contribution is 7.99. The average molecular weight is 471 g/mol. The second-order valence-corrected chi connectivity index (χ2v) is 8.32. The van der Waals surface area contributed by atoms with Gasteiger partial charge < -0.3 is 10.1 Å². The first kappa shape index (κ1) is 23.6. The molecule has 9 heteroatoms. The third-order valence-corrected chi connectivity index (χ3v) is 5.90. The molecule has 3 aromatic rings. The summed E-state index contributed by atoms with van der Waals surface area (Å²) in [6.07, 6.45) is 1.74. The molecule has 0 fully saturated rings. The van der Waals surface area contributed by atoms with Gasteiger partial charge in [-0.2, -0.15) is 0 Å². The van der Waals surface area contributed by atoms with Crippen LogP contribution in [0.5, 0.6) is 5.75 Å². The van der Waals surface area contributed by atoms with Crippen molar-refractivity contribution in [3.63, 3.8) is 0 Å². The summed E-state index contributed by atoms with van der Waals surface area (Å²) in [4.78, 5) is 23.7. The Bertz CT molecular complexity index is 1130. The number of ketones is 1. The zero-order chi connectivity index (χ0) is 23.1. The first-order chi connectivity index (χ1) is 15.4. The zero-order valence-corrected chi connectivity index (χ0v) is 19.4. The number of halogens is 1. The zero-order valence-electron chi connectivity index (χ0n) is 17.8. The van der Waals surface area contributed by atoms with Gasteiger partial charge in [0.15, 0.2) is 16.8 Å². The number of carbonyl (C=O) groups excluding carboxylic acids is 2. The third kappa shape index (κ3) is 6.21. The van der Waals surface area contributed by atoms with Gasteiger partial charge in [0, 0.05) is 22.8 Å². The number of thioether (sulfide) groups is 1. The van der Waals surface area contributed by atoms with Gasteiger partial charge >= 0.3 is 0 Å². The number of hydrogen-bond donors (Lipinski definition) is 1. The number of nitrogens with one attached hydrogen (secondary N) is 1. The Morgan fingerprint density at radius 1 is 1.22 bits per heavy atom. The van der Waals surface area contributed by atoms with Crippen LogP contribution in [0.1, 0.15) is 28.7 Å². The van der Waals surface area contributed by atoms with Crippen LogP contribution in [-0.4, -0.2) is 32.2 Å². The quantitative estimate of drug-likeness (QED) is 0.256. The van der Waals surface area contributed by atoms with Gasteiger partial charge in [0.1, 0.15) is 12.4 Å². The van der Waals surface area contributed by atoms with Crippen LogP contribution in [0.2, 0.25) is 5.02 Å². The van der Waals surface area contributed by atoms with Gasteiger partial charge in [-0.05, 0) is 61.9 Å². The summed E-state index contributed by atoms with van der Waals surface area (Å²) >= 11 is 7.33. The number of aromatic nitrogens is 3. The highest BCUT2D eigenvalue weighted by atomic mass is 35.5. The van der Waals surface area contributed by atoms with Crippen LogP contribution in [-0.2, 0) is 17.9 Å². The molecule has 0 radical (unpaired) electrons. The Morgan fingerprint density at radius 2 is 1.97 bits per heavy atom. The molecule has 0 aliphatic carbocycles. The van der Waals surface area contributed by atoms with Crippen molar-refractivity contribution in [2.24, 2.45) is 0 Å². The molecule has 7 nitrogen and oxygen atoms in total. The SMILES string of the molecule is C=CCn1c(COc2ccc(Cl)c(C)c2)nnc1SCC(=O)Nc1ccc(C(C)=O)cc1. The molecule has 0 unspecified atom stereocenters. The van der Waals surface area contributed by atoms with Crippen LogP contribution in [0.4, 0.5) is 5.69 Å². The largest absolute Gasteiger partial charge is 0.486 e. The van der Waals surface area contributed by atoms with Gasteiger partial charge in [0.25, 0.3) is 0 Å². The standard InChI is InChI=1S/C23H23ClN4O3S/c1-4-11-28-21(13-31-19-9-10-20(24)15(2)12-19)26-27-23(28)32-14-22(30)25-18-7-5-17(6-8-18)16(3)29/h4-10,12H,1,11,13-14H2,2-3H3,(H,25,30). The lowest BCUT2D eigenvalue weighted by molar-refractivity contribution is -0.113. The lowest BCUT2D eigenvalue weighted by atomic mass is 10.1. The smallest absolute Gasteiger partial charge is 0.234 e. The number of ether oxygens (including phenoxy) is 1. The lowest BCUT2D eigenvalue weighted by Gasteiger charge is -2.10. The van der Waals surface area contributed by atoms with E-state index in [0.29, 0.717) is 39.5 Å². The van der Waals surface area contributed by atoms with Gasteiger partial charge in [-0.25, -0.2) is 0 Å². The second-order valence-electron chi connectivity index (χ2n) is 6.97. The summed E-state index contributed by atoms with van der Waals surface area (Å²) < 4.78 is 7.69. The van der Waals surface area contributed by atoms with Crippen LogP contribution >= 0.6 is 23.4 Å². The highest BCUT2D eigenvalue weighted by Gasteiger charge is 2.14. The van der Waals surface area contributed by atoms with Crippen LogP contribution in [0, 0.1) is 6.92 Å². The van der Waals surface area contributed by atoms with E-state index in [1.165, 1.54) is 18.7 Å². The normalized spacial score (nSPS) is 10.6. The minimum absolute atomic E-state index is 0.0223. The molecule has 1 aromatic heterocycles. The summed E-state index contributed by atoms with van der Waals surface area (Å²) in [6.45, 7) is 7.90. The molecule has 3 rings (SSSR count). The molecule has 1 amide bonds. The van der Waals surface area contributed by atoms with E-state index in [9.17, 15) is 9.59 Å². The summed E-state index contributed by atoms with van der Waals surface area (Å²) in [5, 5.41) is 12.5. The van der Waals surface area contributed by atoms with Crippen molar-refractivity contribution < 1.29 is 14.3 Å². The number of amides is 1. The first-order valence-electron chi connectivity index (χ1n) is 9.83. The monoisotopic (exact) mass is 470 g/mol. The van der Waals surface area contributed by atoms with E-state index in [2.05, 4.69) is 22.1 Å². The molecule has 166 valence electrons. The average Bonchev–Trinajstić information content (AvgIpc) is 3.15. The number of benzene rings is 2. The Hall–Kier alpha value is -3.10. The summed E-state index contributed by atoms with van der Waals surface area (Å²) in [5.41, 5.74) is 2.15. The molecule has 0 atom stereocenters. The fourth-order valence-corrected chi connectivity index (χ4v) is 3.70. The van der Waals surface area contributed by atoms with Crippen LogP contribution < -0.4 is 10.1 Å². The van der Waals surface area contributed by atoms with Gasteiger partial charge in [0.05, 0.1) is 5.75 Å². The maximum absolute atomic E-state index is 12.3. The fraction of sp³-hybridized carbons (Fsp3) is 0.217. The van der Waals surface area contributed by atoms with Crippen LogP contribution in [0.25, 0.3) is 0 Å². The molecule has 0 saturated heterocycles. The number of allylic oxidation sites excluding steroid dienone is 1. The molecule has 0 aliphatic heterocycles. The maximum atomic E-state index is 12.3. The van der Waals surface area contributed by atoms with Crippen molar-refractivity contribution in [1.82, 2.24) is 14.8 Å². The van der Waals surface area contributed by atoms with E-state index in [1.807, 2.05) is 17.6 Å². The topological polar surface area (TPSA) is 86.1 Å². The van der Waals surface area contributed by atoms with Crippen molar-refractivity contribution in [2.45, 2.75) is 32.2 Å². The number of Topliss-reactive ketones (excluding diaryl/α,β-unsaturated/α-hetero) is 1. The predicted molar refractivity (Wildman–Crippen MR) is 127 cm³/mol. The van der Waals surface area contributed by atoms with Crippen molar-refractivity contribution in [2.75, 3.05) is 11.1 Å². The highest BCUT2D eigenvalue weighted by Crippen LogP contribution is 2.23. The van der Waals surface area contributed by atoms with Gasteiger partial charge in [-0.3, -0.25) is 14.2 Å². The van der Waals surface area contributed by atoms with E-state index in [-0.39, 0.29) is 24.1 Å². The number of nitrogens with zero attached hydrogens (tertiary/aromatic N) is 3. The van der Waals surface area contributed by atoms with Crippen LogP contribution in [0.15, 0.2) is 60.3 Å². The molecule has 0 aliphatic rings. The maximum Gasteiger partial charge on any atom is 0.234 e. The molecule has 1 heterocycles. The molecular weight excluding hydrogens is 448 g/mol. The molecule has 0 bridgehead atoms. The van der Waals surface area contributed by atoms with Crippen molar-refractivity contribution in [3.8, 4) is 5.75 Å². The number of aryl methyl sites for hydroxylation is 1. The predicted octanol–water partition coefficient (Wildman–Crippen LogP) is 4.94. The van der Waals surface area contributed by atoms with Gasteiger partial charge in [-0.1, -0.05) is 29.4 Å². The molecule has 0 saturated carbocycles. The minimum Gasteiger partial charge on any atom is -0.486 e. The lowest BCUT2D eigenvalue weighted by Crippen LogP contribution is -2.15. The van der Waals surface area contributed by atoms with Crippen molar-refractivity contribution in [1.29, 1.82) is 0 Å². The number of anilines is 1. The van der Waals surface area contributed by atoms with Crippen molar-refractivity contribution in [3.05, 3.63) is 77.1 Å². The summed E-state index contributed by atoms with van der Waals surface area (Å²) in [5.74, 6) is 1.25. The van der Waals surface area contributed by atoms with Crippen LogP contribution in [0.3, 0.4) is 0 Å². The summed E-state index contributed by atoms with van der Waals surface area (Å²) in [6, 6.07) is 12.2. The van der Waals surface area contributed by atoms with E-state index >= 15 is 0 Å². The molecule has 32 heavy (non-hydrogen) atoms. The third-order valence-electron chi connectivity index (χ3n) is 4.51. The summed E-state index contributed by atoms with van der Waals surface area (Å²) in [7, 11) is 0. The minimum atomic E-state index is -0.187. The van der Waals surface area contributed by atoms with Gasteiger partial charge in [0.2, 0.25) is 5.91 Å². The van der Waals surface area contributed by atoms with Crippen molar-refractivity contribution >= 4 is 40.7 Å². The number of hydrogen-bond acceptors (Lipinski definition) is 6.